The summed E-state index contributed by atoms with van der Waals surface area (Å²) in [4.78, 5) is 4.14. The highest BCUT2D eigenvalue weighted by Crippen LogP contribution is 2.55. The number of alkyl halides is 2. The molecule has 0 amide bonds. The maximum atomic E-state index is 13.1. The molecule has 0 saturated heterocycles. The molecule has 1 aliphatic carbocycles. The summed E-state index contributed by atoms with van der Waals surface area (Å²) >= 11 is 0. The molecule has 0 unspecified atom stereocenters. The van der Waals surface area contributed by atoms with E-state index >= 15 is 0 Å². The Labute approximate surface area is 102 Å². The van der Waals surface area contributed by atoms with Crippen LogP contribution in [0.15, 0.2) is 18.6 Å². The van der Waals surface area contributed by atoms with Crippen LogP contribution in [0.5, 0.6) is 0 Å². The molecule has 96 valence electrons. The molecular formula is C11H13F2N5. The second-order valence-electron chi connectivity index (χ2n) is 4.76. The third-order valence-electron chi connectivity index (χ3n) is 3.57. The standard InChI is InChI=1S/C11H13F2N5/c1-7-8(11(7,12)13)5-18-6-9(15-16-18)10-14-3-4-17(10)2/h3-4,6-8H,5H2,1-2H3/t7-,8-/m1/s1. The maximum Gasteiger partial charge on any atom is 0.256 e. The van der Waals surface area contributed by atoms with Crippen molar-refractivity contribution in [2.75, 3.05) is 0 Å². The first-order valence-corrected chi connectivity index (χ1v) is 5.76. The monoisotopic (exact) mass is 253 g/mol. The minimum absolute atomic E-state index is 0.200. The van der Waals surface area contributed by atoms with Gasteiger partial charge in [0, 0.05) is 25.4 Å². The molecule has 0 bridgehead atoms. The fourth-order valence-electron chi connectivity index (χ4n) is 2.14. The highest BCUT2D eigenvalue weighted by Gasteiger charge is 2.65. The Bertz CT molecular complexity index is 574. The second-order valence-corrected chi connectivity index (χ2v) is 4.76. The molecular weight excluding hydrogens is 240 g/mol. The van der Waals surface area contributed by atoms with Crippen molar-refractivity contribution >= 4 is 0 Å². The zero-order valence-electron chi connectivity index (χ0n) is 10.1. The minimum Gasteiger partial charge on any atom is -0.333 e. The molecule has 0 aromatic carbocycles. The van der Waals surface area contributed by atoms with Crippen LogP contribution in [-0.4, -0.2) is 30.5 Å². The first-order valence-electron chi connectivity index (χ1n) is 5.76. The number of aryl methyl sites for hydroxylation is 1. The summed E-state index contributed by atoms with van der Waals surface area (Å²) < 4.78 is 29.6. The van der Waals surface area contributed by atoms with Crippen LogP contribution >= 0.6 is 0 Å². The molecule has 1 aliphatic rings. The highest BCUT2D eigenvalue weighted by molar-refractivity contribution is 5.47. The van der Waals surface area contributed by atoms with E-state index in [9.17, 15) is 8.78 Å². The molecule has 0 aliphatic heterocycles. The Balaban J connectivity index is 1.77. The molecule has 0 spiro atoms. The maximum absolute atomic E-state index is 13.1. The molecule has 0 radical (unpaired) electrons. The lowest BCUT2D eigenvalue weighted by molar-refractivity contribution is 0.0828. The molecule has 1 saturated carbocycles. The largest absolute Gasteiger partial charge is 0.333 e. The summed E-state index contributed by atoms with van der Waals surface area (Å²) in [6, 6.07) is 0. The molecule has 2 aromatic rings. The van der Waals surface area contributed by atoms with E-state index in [4.69, 9.17) is 0 Å². The third-order valence-corrected chi connectivity index (χ3v) is 3.57. The molecule has 3 rings (SSSR count). The molecule has 18 heavy (non-hydrogen) atoms. The van der Waals surface area contributed by atoms with Crippen molar-refractivity contribution in [3.63, 3.8) is 0 Å². The van der Waals surface area contributed by atoms with Crippen LogP contribution in [0.1, 0.15) is 6.92 Å². The lowest BCUT2D eigenvalue weighted by atomic mass is 10.3. The predicted molar refractivity (Wildman–Crippen MR) is 59.8 cm³/mol. The highest BCUT2D eigenvalue weighted by atomic mass is 19.3. The Morgan fingerprint density at radius 2 is 2.17 bits per heavy atom. The molecule has 0 N–H and O–H groups in total. The number of hydrogen-bond acceptors (Lipinski definition) is 3. The van der Waals surface area contributed by atoms with E-state index < -0.39 is 17.8 Å². The second kappa shape index (κ2) is 3.60. The molecule has 5 nitrogen and oxygen atoms in total. The van der Waals surface area contributed by atoms with Gasteiger partial charge in [0.25, 0.3) is 5.92 Å². The fraction of sp³-hybridized carbons (Fsp3) is 0.545. The molecule has 2 heterocycles. The van der Waals surface area contributed by atoms with Crippen molar-refractivity contribution in [2.24, 2.45) is 18.9 Å². The van der Waals surface area contributed by atoms with Gasteiger partial charge in [-0.25, -0.2) is 13.8 Å². The molecule has 7 heteroatoms. The van der Waals surface area contributed by atoms with Crippen molar-refractivity contribution in [2.45, 2.75) is 19.4 Å². The number of rotatable bonds is 3. The van der Waals surface area contributed by atoms with E-state index in [-0.39, 0.29) is 6.54 Å². The van der Waals surface area contributed by atoms with Gasteiger partial charge < -0.3 is 4.57 Å². The summed E-state index contributed by atoms with van der Waals surface area (Å²) in [5, 5.41) is 7.83. The van der Waals surface area contributed by atoms with Gasteiger partial charge >= 0.3 is 0 Å². The summed E-state index contributed by atoms with van der Waals surface area (Å²) in [7, 11) is 1.85. The third kappa shape index (κ3) is 1.61. The lowest BCUT2D eigenvalue weighted by Gasteiger charge is -1.97. The first-order chi connectivity index (χ1) is 8.50. The van der Waals surface area contributed by atoms with Crippen LogP contribution in [0.4, 0.5) is 8.78 Å². The van der Waals surface area contributed by atoms with E-state index in [1.807, 2.05) is 11.6 Å². The number of aromatic nitrogens is 5. The van der Waals surface area contributed by atoms with Gasteiger partial charge in [-0.15, -0.1) is 5.10 Å². The van der Waals surface area contributed by atoms with Gasteiger partial charge in [-0.05, 0) is 0 Å². The van der Waals surface area contributed by atoms with Gasteiger partial charge in [-0.1, -0.05) is 12.1 Å². The van der Waals surface area contributed by atoms with Crippen LogP contribution in [0.25, 0.3) is 11.5 Å². The van der Waals surface area contributed by atoms with E-state index in [0.717, 1.165) is 0 Å². The van der Waals surface area contributed by atoms with E-state index in [1.165, 1.54) is 4.68 Å². The Morgan fingerprint density at radius 1 is 1.44 bits per heavy atom. The predicted octanol–water partition coefficient (Wildman–Crippen LogP) is 1.58. The topological polar surface area (TPSA) is 48.5 Å². The van der Waals surface area contributed by atoms with E-state index in [2.05, 4.69) is 15.3 Å². The van der Waals surface area contributed by atoms with E-state index in [0.29, 0.717) is 11.5 Å². The Hall–Kier alpha value is -1.79. The van der Waals surface area contributed by atoms with E-state index in [1.54, 1.807) is 25.5 Å². The van der Waals surface area contributed by atoms with Crippen molar-refractivity contribution in [1.82, 2.24) is 24.5 Å². The Kier molecular flexibility index (Phi) is 2.26. The minimum atomic E-state index is -2.56. The molecule has 2 aromatic heterocycles. The van der Waals surface area contributed by atoms with Gasteiger partial charge in [-0.3, -0.25) is 4.68 Å². The smallest absolute Gasteiger partial charge is 0.256 e. The number of halogens is 2. The Morgan fingerprint density at radius 3 is 2.72 bits per heavy atom. The van der Waals surface area contributed by atoms with Crippen molar-refractivity contribution < 1.29 is 8.78 Å². The zero-order chi connectivity index (χ0) is 12.9. The van der Waals surface area contributed by atoms with Crippen LogP contribution in [0.3, 0.4) is 0 Å². The van der Waals surface area contributed by atoms with Crippen molar-refractivity contribution in [3.8, 4) is 11.5 Å². The van der Waals surface area contributed by atoms with Crippen LogP contribution in [-0.2, 0) is 13.6 Å². The average molecular weight is 253 g/mol. The van der Waals surface area contributed by atoms with Gasteiger partial charge in [0.05, 0.1) is 18.7 Å². The van der Waals surface area contributed by atoms with Gasteiger partial charge in [0.1, 0.15) is 5.69 Å². The quantitative estimate of drug-likeness (QED) is 0.834. The molecule has 2 atom stereocenters. The van der Waals surface area contributed by atoms with Gasteiger partial charge in [0.15, 0.2) is 5.82 Å². The molecule has 1 fully saturated rings. The average Bonchev–Trinajstić information content (AvgIpc) is 2.77. The number of nitrogens with zero attached hydrogens (tertiary/aromatic N) is 5. The number of hydrogen-bond donors (Lipinski definition) is 0. The lowest BCUT2D eigenvalue weighted by Crippen LogP contribution is -2.05. The number of imidazole rings is 1. The van der Waals surface area contributed by atoms with Crippen LogP contribution in [0.2, 0.25) is 0 Å². The fourth-order valence-corrected chi connectivity index (χ4v) is 2.14. The SMILES string of the molecule is C[C@@H]1[C@@H](Cn2cc(-c3nccn3C)nn2)C1(F)F. The zero-order valence-corrected chi connectivity index (χ0v) is 10.1. The van der Waals surface area contributed by atoms with Gasteiger partial charge in [0.2, 0.25) is 0 Å². The van der Waals surface area contributed by atoms with Crippen molar-refractivity contribution in [3.05, 3.63) is 18.6 Å². The summed E-state index contributed by atoms with van der Waals surface area (Å²) in [6.07, 6.45) is 5.11. The van der Waals surface area contributed by atoms with Gasteiger partial charge in [-0.2, -0.15) is 0 Å². The van der Waals surface area contributed by atoms with Crippen LogP contribution < -0.4 is 0 Å². The summed E-state index contributed by atoms with van der Waals surface area (Å²) in [5.74, 6) is -3.08. The van der Waals surface area contributed by atoms with Crippen molar-refractivity contribution in [1.29, 1.82) is 0 Å². The van der Waals surface area contributed by atoms with Crippen LogP contribution in [0, 0.1) is 11.8 Å². The normalized spacial score (nSPS) is 25.3. The summed E-state index contributed by atoms with van der Waals surface area (Å²) in [5.41, 5.74) is 0.596. The first kappa shape index (κ1) is 11.3. The summed E-state index contributed by atoms with van der Waals surface area (Å²) in [6.45, 7) is 1.76.